The fourth-order valence-electron chi connectivity index (χ4n) is 1.90. The highest BCUT2D eigenvalue weighted by molar-refractivity contribution is 6.32. The Morgan fingerprint density at radius 3 is 2.60 bits per heavy atom. The van der Waals surface area contributed by atoms with E-state index in [-0.39, 0.29) is 5.91 Å². The van der Waals surface area contributed by atoms with Crippen LogP contribution in [-0.4, -0.2) is 5.91 Å². The molecule has 0 radical (unpaired) electrons. The number of anilines is 1. The molecule has 102 valence electrons. The monoisotopic (exact) mass is 285 g/mol. The summed E-state index contributed by atoms with van der Waals surface area (Å²) in [5.74, 6) is -0.170. The maximum Gasteiger partial charge on any atom is 0.248 e. The molecule has 0 heterocycles. The standard InChI is InChI=1S/C17H16ClNO/c1-12-7-9-16(13(2)11-12)19-17(20)10-8-14-5-3-4-6-15(14)18/h3-11H,1-2H3,(H,19,20)/b10-8+. The number of nitrogens with one attached hydrogen (secondary N) is 1. The van der Waals surface area contributed by atoms with Gasteiger partial charge in [0.05, 0.1) is 0 Å². The Morgan fingerprint density at radius 2 is 1.90 bits per heavy atom. The van der Waals surface area contributed by atoms with Crippen LogP contribution in [-0.2, 0) is 4.79 Å². The van der Waals surface area contributed by atoms with Gasteiger partial charge in [-0.2, -0.15) is 0 Å². The van der Waals surface area contributed by atoms with Gasteiger partial charge in [0.25, 0.3) is 0 Å². The van der Waals surface area contributed by atoms with Gasteiger partial charge >= 0.3 is 0 Å². The Bertz CT molecular complexity index is 662. The van der Waals surface area contributed by atoms with Crippen LogP contribution in [0, 0.1) is 13.8 Å². The molecular weight excluding hydrogens is 270 g/mol. The van der Waals surface area contributed by atoms with Crippen molar-refractivity contribution in [1.82, 2.24) is 0 Å². The molecule has 20 heavy (non-hydrogen) atoms. The fourth-order valence-corrected chi connectivity index (χ4v) is 2.10. The Labute approximate surface area is 124 Å². The first-order chi connectivity index (χ1) is 9.56. The molecule has 0 spiro atoms. The quantitative estimate of drug-likeness (QED) is 0.820. The average molecular weight is 286 g/mol. The van der Waals surface area contributed by atoms with Gasteiger partial charge in [0.15, 0.2) is 0 Å². The predicted molar refractivity (Wildman–Crippen MR) is 85.0 cm³/mol. The highest BCUT2D eigenvalue weighted by Crippen LogP contribution is 2.18. The summed E-state index contributed by atoms with van der Waals surface area (Å²) in [7, 11) is 0. The number of hydrogen-bond acceptors (Lipinski definition) is 1. The molecule has 2 rings (SSSR count). The van der Waals surface area contributed by atoms with Crippen molar-refractivity contribution in [1.29, 1.82) is 0 Å². The molecule has 0 saturated heterocycles. The highest BCUT2D eigenvalue weighted by atomic mass is 35.5. The van der Waals surface area contributed by atoms with Gasteiger partial charge in [0.1, 0.15) is 0 Å². The van der Waals surface area contributed by atoms with Gasteiger partial charge in [-0.15, -0.1) is 0 Å². The number of halogens is 1. The zero-order valence-electron chi connectivity index (χ0n) is 11.5. The summed E-state index contributed by atoms with van der Waals surface area (Å²) in [6.07, 6.45) is 3.20. The molecule has 0 aliphatic carbocycles. The van der Waals surface area contributed by atoms with E-state index in [2.05, 4.69) is 5.32 Å². The number of carbonyl (C=O) groups is 1. The third kappa shape index (κ3) is 3.72. The summed E-state index contributed by atoms with van der Waals surface area (Å²) >= 11 is 6.03. The van der Waals surface area contributed by atoms with Crippen molar-refractivity contribution in [2.75, 3.05) is 5.32 Å². The smallest absolute Gasteiger partial charge is 0.248 e. The Hall–Kier alpha value is -2.06. The molecular formula is C17H16ClNO. The second-order valence-corrected chi connectivity index (χ2v) is 5.07. The Kier molecular flexibility index (Phi) is 4.59. The van der Waals surface area contributed by atoms with Crippen molar-refractivity contribution in [2.45, 2.75) is 13.8 Å². The largest absolute Gasteiger partial charge is 0.322 e. The van der Waals surface area contributed by atoms with E-state index in [0.29, 0.717) is 5.02 Å². The molecule has 1 amide bonds. The van der Waals surface area contributed by atoms with E-state index >= 15 is 0 Å². The third-order valence-corrected chi connectivity index (χ3v) is 3.30. The van der Waals surface area contributed by atoms with Crippen LogP contribution in [0.25, 0.3) is 6.08 Å². The van der Waals surface area contributed by atoms with Crippen LogP contribution < -0.4 is 5.32 Å². The van der Waals surface area contributed by atoms with Crippen LogP contribution in [0.3, 0.4) is 0 Å². The Morgan fingerprint density at radius 1 is 1.15 bits per heavy atom. The van der Waals surface area contributed by atoms with Gasteiger partial charge in [0.2, 0.25) is 5.91 Å². The number of rotatable bonds is 3. The normalized spacial score (nSPS) is 10.8. The van der Waals surface area contributed by atoms with Crippen molar-refractivity contribution in [3.8, 4) is 0 Å². The molecule has 2 aromatic carbocycles. The first-order valence-electron chi connectivity index (χ1n) is 6.37. The maximum absolute atomic E-state index is 11.9. The predicted octanol–water partition coefficient (Wildman–Crippen LogP) is 4.61. The lowest BCUT2D eigenvalue weighted by Gasteiger charge is -2.07. The van der Waals surface area contributed by atoms with Crippen LogP contribution in [0.1, 0.15) is 16.7 Å². The molecule has 0 saturated carbocycles. The third-order valence-electron chi connectivity index (χ3n) is 2.96. The molecule has 0 fully saturated rings. The van der Waals surface area contributed by atoms with Crippen LogP contribution in [0.2, 0.25) is 5.02 Å². The van der Waals surface area contributed by atoms with Gasteiger partial charge in [-0.25, -0.2) is 0 Å². The van der Waals surface area contributed by atoms with E-state index in [0.717, 1.165) is 16.8 Å². The molecule has 0 unspecified atom stereocenters. The fraction of sp³-hybridized carbons (Fsp3) is 0.118. The lowest BCUT2D eigenvalue weighted by molar-refractivity contribution is -0.111. The summed E-state index contributed by atoms with van der Waals surface area (Å²) in [6.45, 7) is 4.00. The van der Waals surface area contributed by atoms with Crippen molar-refractivity contribution in [2.24, 2.45) is 0 Å². The minimum Gasteiger partial charge on any atom is -0.322 e. The maximum atomic E-state index is 11.9. The molecule has 0 aliphatic rings. The summed E-state index contributed by atoms with van der Waals surface area (Å²) in [4.78, 5) is 11.9. The first kappa shape index (κ1) is 14.4. The van der Waals surface area contributed by atoms with E-state index in [1.807, 2.05) is 50.2 Å². The zero-order valence-corrected chi connectivity index (χ0v) is 12.2. The zero-order chi connectivity index (χ0) is 14.5. The van der Waals surface area contributed by atoms with Crippen molar-refractivity contribution in [3.05, 3.63) is 70.3 Å². The van der Waals surface area contributed by atoms with Gasteiger partial charge in [0, 0.05) is 16.8 Å². The van der Waals surface area contributed by atoms with Crippen LogP contribution in [0.15, 0.2) is 48.5 Å². The van der Waals surface area contributed by atoms with Crippen molar-refractivity contribution >= 4 is 29.3 Å². The average Bonchev–Trinajstić information content (AvgIpc) is 2.41. The second-order valence-electron chi connectivity index (χ2n) is 4.66. The van der Waals surface area contributed by atoms with E-state index < -0.39 is 0 Å². The molecule has 0 atom stereocenters. The minimum atomic E-state index is -0.170. The number of benzene rings is 2. The van der Waals surface area contributed by atoms with Crippen molar-refractivity contribution < 1.29 is 4.79 Å². The molecule has 3 heteroatoms. The SMILES string of the molecule is Cc1ccc(NC(=O)/C=C/c2ccccc2Cl)c(C)c1. The minimum absolute atomic E-state index is 0.170. The topological polar surface area (TPSA) is 29.1 Å². The van der Waals surface area contributed by atoms with Crippen LogP contribution >= 0.6 is 11.6 Å². The number of hydrogen-bond donors (Lipinski definition) is 1. The van der Waals surface area contributed by atoms with Crippen molar-refractivity contribution in [3.63, 3.8) is 0 Å². The van der Waals surface area contributed by atoms with E-state index in [9.17, 15) is 4.79 Å². The number of aryl methyl sites for hydroxylation is 2. The van der Waals surface area contributed by atoms with Crippen LogP contribution in [0.5, 0.6) is 0 Å². The summed E-state index contributed by atoms with van der Waals surface area (Å²) < 4.78 is 0. The van der Waals surface area contributed by atoms with Gasteiger partial charge in [-0.05, 0) is 43.2 Å². The van der Waals surface area contributed by atoms with E-state index in [1.54, 1.807) is 12.1 Å². The lowest BCUT2D eigenvalue weighted by atomic mass is 10.1. The van der Waals surface area contributed by atoms with Crippen LogP contribution in [0.4, 0.5) is 5.69 Å². The molecule has 2 nitrogen and oxygen atoms in total. The first-order valence-corrected chi connectivity index (χ1v) is 6.75. The summed E-state index contributed by atoms with van der Waals surface area (Å²) in [5.41, 5.74) is 3.87. The highest BCUT2D eigenvalue weighted by Gasteiger charge is 2.02. The number of carbonyl (C=O) groups excluding carboxylic acids is 1. The molecule has 1 N–H and O–H groups in total. The molecule has 0 aromatic heterocycles. The lowest BCUT2D eigenvalue weighted by Crippen LogP contribution is -2.08. The second kappa shape index (κ2) is 6.40. The van der Waals surface area contributed by atoms with Gasteiger partial charge < -0.3 is 5.32 Å². The Balaban J connectivity index is 2.08. The summed E-state index contributed by atoms with van der Waals surface area (Å²) in [5, 5.41) is 3.49. The summed E-state index contributed by atoms with van der Waals surface area (Å²) in [6, 6.07) is 13.3. The van der Waals surface area contributed by atoms with Gasteiger partial charge in [-0.1, -0.05) is 47.5 Å². The van der Waals surface area contributed by atoms with E-state index in [1.165, 1.54) is 11.6 Å². The number of amides is 1. The van der Waals surface area contributed by atoms with E-state index in [4.69, 9.17) is 11.6 Å². The molecule has 2 aromatic rings. The van der Waals surface area contributed by atoms with Gasteiger partial charge in [-0.3, -0.25) is 4.79 Å². The molecule has 0 bridgehead atoms. The molecule has 0 aliphatic heterocycles.